The number of anilines is 1. The molecule has 10 heteroatoms. The molecule has 2 N–H and O–H groups in total. The highest BCUT2D eigenvalue weighted by molar-refractivity contribution is 7.89. The fourth-order valence-electron chi connectivity index (χ4n) is 2.39. The van der Waals surface area contributed by atoms with Crippen LogP contribution in [-0.4, -0.2) is 14.3 Å². The van der Waals surface area contributed by atoms with E-state index in [1.54, 1.807) is 12.1 Å². The van der Waals surface area contributed by atoms with E-state index in [0.717, 1.165) is 6.08 Å². The van der Waals surface area contributed by atoms with Crippen LogP contribution in [0.2, 0.25) is 0 Å². The Bertz CT molecular complexity index is 1180. The van der Waals surface area contributed by atoms with E-state index >= 15 is 0 Å². The van der Waals surface area contributed by atoms with Crippen molar-refractivity contribution < 1.29 is 30.8 Å². The molecule has 6 nitrogen and oxygen atoms in total. The molecule has 156 valence electrons. The van der Waals surface area contributed by atoms with Gasteiger partial charge >= 0.3 is 0 Å². The number of sulfonamides is 1. The molecule has 3 aromatic rings. The molecular formula is C20H15F3N2O4S. The predicted octanol–water partition coefficient (Wildman–Crippen LogP) is 3.83. The molecule has 2 aromatic carbocycles. The molecule has 0 aliphatic heterocycles. The van der Waals surface area contributed by atoms with Crippen LogP contribution in [0.1, 0.15) is 11.3 Å². The van der Waals surface area contributed by atoms with Gasteiger partial charge in [-0.1, -0.05) is 12.1 Å². The molecule has 30 heavy (non-hydrogen) atoms. The Morgan fingerprint density at radius 1 is 1.00 bits per heavy atom. The van der Waals surface area contributed by atoms with Gasteiger partial charge in [0.15, 0.2) is 11.6 Å². The van der Waals surface area contributed by atoms with Gasteiger partial charge in [-0.2, -0.15) is 0 Å². The first-order chi connectivity index (χ1) is 14.2. The third-order valence-corrected chi connectivity index (χ3v) is 5.32. The largest absolute Gasteiger partial charge is 0.468 e. The molecule has 1 amide bonds. The van der Waals surface area contributed by atoms with Crippen molar-refractivity contribution in [2.45, 2.75) is 11.4 Å². The molecule has 0 unspecified atom stereocenters. The third-order valence-electron chi connectivity index (χ3n) is 3.90. The number of benzene rings is 2. The molecule has 0 saturated heterocycles. The van der Waals surface area contributed by atoms with Crippen LogP contribution in [0.5, 0.6) is 0 Å². The SMILES string of the molecule is O=C(C=Cc1ccc(S(=O)(=O)NCc2ccco2)cc1)Nc1cc(F)c(F)cc1F. The Morgan fingerprint density at radius 3 is 2.37 bits per heavy atom. The summed E-state index contributed by atoms with van der Waals surface area (Å²) in [6, 6.07) is 9.75. The molecule has 1 aromatic heterocycles. The molecule has 0 saturated carbocycles. The Hall–Kier alpha value is -3.37. The summed E-state index contributed by atoms with van der Waals surface area (Å²) in [5, 5.41) is 2.09. The second kappa shape index (κ2) is 8.97. The number of amides is 1. The van der Waals surface area contributed by atoms with Crippen LogP contribution in [0.25, 0.3) is 6.08 Å². The predicted molar refractivity (Wildman–Crippen MR) is 103 cm³/mol. The minimum Gasteiger partial charge on any atom is -0.468 e. The Morgan fingerprint density at radius 2 is 1.70 bits per heavy atom. The summed E-state index contributed by atoms with van der Waals surface area (Å²) in [5.74, 6) is -4.10. The van der Waals surface area contributed by atoms with E-state index in [4.69, 9.17) is 4.42 Å². The Labute approximate surface area is 170 Å². The van der Waals surface area contributed by atoms with Crippen LogP contribution in [0, 0.1) is 17.5 Å². The second-order valence-electron chi connectivity index (χ2n) is 6.04. The summed E-state index contributed by atoms with van der Waals surface area (Å²) in [7, 11) is -3.76. The molecule has 0 aliphatic carbocycles. The molecule has 0 spiro atoms. The number of carbonyl (C=O) groups excluding carboxylic acids is 1. The van der Waals surface area contributed by atoms with Crippen molar-refractivity contribution >= 4 is 27.7 Å². The minimum absolute atomic E-state index is 0.00228. The van der Waals surface area contributed by atoms with Gasteiger partial charge < -0.3 is 9.73 Å². The van der Waals surface area contributed by atoms with Crippen molar-refractivity contribution in [1.29, 1.82) is 0 Å². The first-order valence-electron chi connectivity index (χ1n) is 8.50. The Balaban J connectivity index is 1.62. The normalized spacial score (nSPS) is 11.7. The van der Waals surface area contributed by atoms with E-state index in [-0.39, 0.29) is 11.4 Å². The first-order valence-corrected chi connectivity index (χ1v) is 9.98. The lowest BCUT2D eigenvalue weighted by molar-refractivity contribution is -0.111. The highest BCUT2D eigenvalue weighted by atomic mass is 32.2. The summed E-state index contributed by atoms with van der Waals surface area (Å²) in [6.07, 6.45) is 3.82. The number of rotatable bonds is 7. The van der Waals surface area contributed by atoms with Crippen LogP contribution < -0.4 is 10.0 Å². The molecule has 0 atom stereocenters. The summed E-state index contributed by atoms with van der Waals surface area (Å²) in [6.45, 7) is -0.00228. The average Bonchev–Trinajstić information content (AvgIpc) is 3.23. The zero-order valence-corrected chi connectivity index (χ0v) is 16.0. The zero-order valence-electron chi connectivity index (χ0n) is 15.2. The van der Waals surface area contributed by atoms with Gasteiger partial charge in [-0.15, -0.1) is 0 Å². The van der Waals surface area contributed by atoms with E-state index in [2.05, 4.69) is 10.0 Å². The summed E-state index contributed by atoms with van der Waals surface area (Å²) in [4.78, 5) is 11.9. The van der Waals surface area contributed by atoms with Crippen LogP contribution in [0.3, 0.4) is 0 Å². The van der Waals surface area contributed by atoms with Crippen LogP contribution in [0.15, 0.2) is 70.2 Å². The lowest BCUT2D eigenvalue weighted by atomic mass is 10.2. The summed E-state index contributed by atoms with van der Waals surface area (Å²) >= 11 is 0. The fourth-order valence-corrected chi connectivity index (χ4v) is 3.38. The highest BCUT2D eigenvalue weighted by Gasteiger charge is 2.14. The van der Waals surface area contributed by atoms with Gasteiger partial charge in [0, 0.05) is 18.2 Å². The van der Waals surface area contributed by atoms with Gasteiger partial charge in [0.25, 0.3) is 0 Å². The van der Waals surface area contributed by atoms with E-state index in [1.165, 1.54) is 36.6 Å². The van der Waals surface area contributed by atoms with Crippen molar-refractivity contribution in [2.24, 2.45) is 0 Å². The minimum atomic E-state index is -3.76. The van der Waals surface area contributed by atoms with Crippen molar-refractivity contribution in [3.05, 3.63) is 89.6 Å². The average molecular weight is 436 g/mol. The quantitative estimate of drug-likeness (QED) is 0.435. The van der Waals surface area contributed by atoms with E-state index in [9.17, 15) is 26.4 Å². The van der Waals surface area contributed by atoms with E-state index < -0.39 is 39.1 Å². The maximum Gasteiger partial charge on any atom is 0.248 e. The highest BCUT2D eigenvalue weighted by Crippen LogP contribution is 2.18. The maximum absolute atomic E-state index is 13.5. The monoisotopic (exact) mass is 436 g/mol. The molecule has 0 bridgehead atoms. The molecular weight excluding hydrogens is 421 g/mol. The molecule has 1 heterocycles. The van der Waals surface area contributed by atoms with E-state index in [1.807, 2.05) is 0 Å². The maximum atomic E-state index is 13.5. The van der Waals surface area contributed by atoms with Crippen molar-refractivity contribution in [2.75, 3.05) is 5.32 Å². The lowest BCUT2D eigenvalue weighted by Gasteiger charge is -2.06. The number of halogens is 3. The van der Waals surface area contributed by atoms with Crippen molar-refractivity contribution in [1.82, 2.24) is 4.72 Å². The summed E-state index contributed by atoms with van der Waals surface area (Å²) in [5.41, 5.74) is -0.0199. The molecule has 3 rings (SSSR count). The second-order valence-corrected chi connectivity index (χ2v) is 7.81. The standard InChI is InChI=1S/C20H15F3N2O4S/c21-16-10-18(23)19(11-17(16)22)25-20(26)8-5-13-3-6-15(7-4-13)30(27,28)24-12-14-2-1-9-29-14/h1-11,24H,12H2,(H,25,26). The Kier molecular flexibility index (Phi) is 6.38. The smallest absolute Gasteiger partial charge is 0.248 e. The number of hydrogen-bond donors (Lipinski definition) is 2. The molecule has 0 aliphatic rings. The molecule has 0 fully saturated rings. The van der Waals surface area contributed by atoms with Crippen LogP contribution in [-0.2, 0) is 21.4 Å². The third kappa shape index (κ3) is 5.37. The lowest BCUT2D eigenvalue weighted by Crippen LogP contribution is -2.22. The number of hydrogen-bond acceptors (Lipinski definition) is 4. The van der Waals surface area contributed by atoms with Gasteiger partial charge in [-0.05, 0) is 35.9 Å². The van der Waals surface area contributed by atoms with Crippen LogP contribution in [0.4, 0.5) is 18.9 Å². The van der Waals surface area contributed by atoms with Crippen LogP contribution >= 0.6 is 0 Å². The van der Waals surface area contributed by atoms with Crippen molar-refractivity contribution in [3.63, 3.8) is 0 Å². The molecule has 0 radical (unpaired) electrons. The first kappa shape index (κ1) is 21.3. The summed E-state index contributed by atoms with van der Waals surface area (Å²) < 4.78 is 71.6. The van der Waals surface area contributed by atoms with E-state index in [0.29, 0.717) is 23.5 Å². The van der Waals surface area contributed by atoms with Gasteiger partial charge in [0.05, 0.1) is 23.4 Å². The fraction of sp³-hybridized carbons (Fsp3) is 0.0500. The van der Waals surface area contributed by atoms with Crippen molar-refractivity contribution in [3.8, 4) is 0 Å². The van der Waals surface area contributed by atoms with Gasteiger partial charge in [0.2, 0.25) is 15.9 Å². The zero-order chi connectivity index (χ0) is 21.7. The van der Waals surface area contributed by atoms with Gasteiger partial charge in [-0.3, -0.25) is 4.79 Å². The topological polar surface area (TPSA) is 88.4 Å². The van der Waals surface area contributed by atoms with Gasteiger partial charge in [-0.25, -0.2) is 26.3 Å². The number of nitrogens with one attached hydrogen (secondary N) is 2. The van der Waals surface area contributed by atoms with Gasteiger partial charge in [0.1, 0.15) is 11.6 Å². The number of carbonyl (C=O) groups is 1. The number of furan rings is 1.